The molecule has 0 radical (unpaired) electrons. The maximum Gasteiger partial charge on any atom is 0.312 e. The lowest BCUT2D eigenvalue weighted by molar-refractivity contribution is -0.135. The quantitative estimate of drug-likeness (QED) is 0.655. The highest BCUT2D eigenvalue weighted by Crippen LogP contribution is 2.37. The van der Waals surface area contributed by atoms with E-state index in [0.29, 0.717) is 23.7 Å². The Hall–Kier alpha value is -3.41. The van der Waals surface area contributed by atoms with Crippen LogP contribution in [0, 0.1) is 6.92 Å². The fraction of sp³-hybridized carbons (Fsp3) is 0.227. The van der Waals surface area contributed by atoms with E-state index in [2.05, 4.69) is 4.98 Å². The summed E-state index contributed by atoms with van der Waals surface area (Å²) in [7, 11) is 1.72. The van der Waals surface area contributed by atoms with E-state index < -0.39 is 0 Å². The number of carbonyl (C=O) groups is 1. The van der Waals surface area contributed by atoms with E-state index in [0.717, 1.165) is 17.0 Å². The van der Waals surface area contributed by atoms with E-state index in [1.807, 2.05) is 49.4 Å². The van der Waals surface area contributed by atoms with Gasteiger partial charge >= 0.3 is 5.97 Å². The van der Waals surface area contributed by atoms with Gasteiger partial charge < -0.3 is 14.0 Å². The van der Waals surface area contributed by atoms with E-state index in [1.165, 1.54) is 0 Å². The monoisotopic (exact) mass is 376 g/mol. The maximum absolute atomic E-state index is 12.8. The van der Waals surface area contributed by atoms with Crippen LogP contribution in [0.25, 0.3) is 0 Å². The molecule has 0 N–H and O–H groups in total. The van der Waals surface area contributed by atoms with E-state index in [-0.39, 0.29) is 23.9 Å². The molecule has 142 valence electrons. The number of rotatable bonds is 4. The summed E-state index contributed by atoms with van der Waals surface area (Å²) in [5, 5.41) is 0. The smallest absolute Gasteiger partial charge is 0.312 e. The normalized spacial score (nSPS) is 15.6. The predicted octanol–water partition coefficient (Wildman–Crippen LogP) is 3.11. The number of carbonyl (C=O) groups excluding carboxylic acids is 1. The molecule has 0 fully saturated rings. The topological polar surface area (TPSA) is 70.4 Å². The SMILES string of the molecule is Cc1cc2c(c(=O)n1C)[C@H](c1ccc(OCc3ccccn3)cc1)CC(=O)O2. The first-order valence-corrected chi connectivity index (χ1v) is 9.07. The molecule has 6 heteroatoms. The number of aromatic nitrogens is 2. The average Bonchev–Trinajstić information content (AvgIpc) is 2.71. The Morgan fingerprint density at radius 3 is 2.68 bits per heavy atom. The second-order valence-corrected chi connectivity index (χ2v) is 6.84. The molecule has 28 heavy (non-hydrogen) atoms. The van der Waals surface area contributed by atoms with Gasteiger partial charge in [0, 0.05) is 30.9 Å². The fourth-order valence-corrected chi connectivity index (χ4v) is 3.37. The first-order valence-electron chi connectivity index (χ1n) is 9.07. The molecule has 1 atom stereocenters. The van der Waals surface area contributed by atoms with Crippen LogP contribution in [0.2, 0.25) is 0 Å². The Balaban J connectivity index is 1.61. The van der Waals surface area contributed by atoms with Crippen LogP contribution in [0.3, 0.4) is 0 Å². The van der Waals surface area contributed by atoms with Crippen LogP contribution in [-0.4, -0.2) is 15.5 Å². The van der Waals surface area contributed by atoms with Crippen molar-refractivity contribution >= 4 is 5.97 Å². The van der Waals surface area contributed by atoms with Gasteiger partial charge in [0.25, 0.3) is 5.56 Å². The summed E-state index contributed by atoms with van der Waals surface area (Å²) in [6.45, 7) is 2.19. The van der Waals surface area contributed by atoms with Crippen molar-refractivity contribution in [1.82, 2.24) is 9.55 Å². The first kappa shape index (κ1) is 18.0. The summed E-state index contributed by atoms with van der Waals surface area (Å²) in [6, 6.07) is 14.9. The van der Waals surface area contributed by atoms with Crippen molar-refractivity contribution in [3.8, 4) is 11.5 Å². The summed E-state index contributed by atoms with van der Waals surface area (Å²) in [4.78, 5) is 29.1. The number of fused-ring (bicyclic) bond motifs is 1. The van der Waals surface area contributed by atoms with E-state index >= 15 is 0 Å². The number of pyridine rings is 2. The Bertz CT molecular complexity index is 1070. The Kier molecular flexibility index (Phi) is 4.69. The Morgan fingerprint density at radius 2 is 1.96 bits per heavy atom. The molecule has 0 aliphatic carbocycles. The third-order valence-electron chi connectivity index (χ3n) is 5.01. The molecule has 2 aromatic heterocycles. The van der Waals surface area contributed by atoms with Crippen LogP contribution in [-0.2, 0) is 18.4 Å². The second kappa shape index (κ2) is 7.31. The first-order chi connectivity index (χ1) is 13.5. The minimum Gasteiger partial charge on any atom is -0.487 e. The van der Waals surface area contributed by atoms with Crippen LogP contribution >= 0.6 is 0 Å². The van der Waals surface area contributed by atoms with Crippen molar-refractivity contribution in [3.63, 3.8) is 0 Å². The Morgan fingerprint density at radius 1 is 1.18 bits per heavy atom. The molecule has 0 unspecified atom stereocenters. The van der Waals surface area contributed by atoms with Gasteiger partial charge in [-0.3, -0.25) is 14.6 Å². The molecule has 3 aromatic rings. The van der Waals surface area contributed by atoms with Crippen LogP contribution in [0.1, 0.15) is 34.9 Å². The largest absolute Gasteiger partial charge is 0.487 e. The summed E-state index contributed by atoms with van der Waals surface area (Å²) in [6.07, 6.45) is 1.86. The minimum atomic E-state index is -0.333. The van der Waals surface area contributed by atoms with Gasteiger partial charge in [0.2, 0.25) is 0 Å². The average molecular weight is 376 g/mol. The van der Waals surface area contributed by atoms with Gasteiger partial charge in [-0.1, -0.05) is 18.2 Å². The second-order valence-electron chi connectivity index (χ2n) is 6.84. The third-order valence-corrected chi connectivity index (χ3v) is 5.01. The molecule has 3 heterocycles. The van der Waals surface area contributed by atoms with Crippen LogP contribution in [0.4, 0.5) is 0 Å². The van der Waals surface area contributed by atoms with E-state index in [1.54, 1.807) is 23.9 Å². The number of hydrogen-bond acceptors (Lipinski definition) is 5. The lowest BCUT2D eigenvalue weighted by Crippen LogP contribution is -2.31. The number of esters is 1. The standard InChI is InChI=1S/C22H20N2O4/c1-14-11-19-21(22(26)24(14)2)18(12-20(25)28-19)15-6-8-17(9-7-15)27-13-16-5-3-4-10-23-16/h3-11,18H,12-13H2,1-2H3/t18-/m0/s1. The number of ether oxygens (including phenoxy) is 2. The highest BCUT2D eigenvalue weighted by Gasteiger charge is 2.32. The van der Waals surface area contributed by atoms with Crippen molar-refractivity contribution in [2.45, 2.75) is 25.9 Å². The lowest BCUT2D eigenvalue weighted by atomic mass is 9.87. The molecule has 0 amide bonds. The van der Waals surface area contributed by atoms with Gasteiger partial charge in [-0.05, 0) is 36.8 Å². The summed E-state index contributed by atoms with van der Waals surface area (Å²) >= 11 is 0. The molecule has 0 bridgehead atoms. The van der Waals surface area contributed by atoms with E-state index in [4.69, 9.17) is 9.47 Å². The highest BCUT2D eigenvalue weighted by atomic mass is 16.5. The molecule has 0 saturated carbocycles. The fourth-order valence-electron chi connectivity index (χ4n) is 3.37. The van der Waals surface area contributed by atoms with Gasteiger partial charge in [0.1, 0.15) is 18.1 Å². The molecular weight excluding hydrogens is 356 g/mol. The lowest BCUT2D eigenvalue weighted by Gasteiger charge is -2.25. The zero-order chi connectivity index (χ0) is 19.7. The van der Waals surface area contributed by atoms with E-state index in [9.17, 15) is 9.59 Å². The van der Waals surface area contributed by atoms with Gasteiger partial charge in [-0.25, -0.2) is 0 Å². The molecular formula is C22H20N2O4. The van der Waals surface area contributed by atoms with Gasteiger partial charge in [-0.15, -0.1) is 0 Å². The van der Waals surface area contributed by atoms with Crippen molar-refractivity contribution in [2.24, 2.45) is 7.05 Å². The molecule has 0 saturated heterocycles. The molecule has 1 aromatic carbocycles. The van der Waals surface area contributed by atoms with Crippen LogP contribution in [0.5, 0.6) is 11.5 Å². The van der Waals surface area contributed by atoms with Gasteiger partial charge in [-0.2, -0.15) is 0 Å². The number of aryl methyl sites for hydroxylation is 1. The van der Waals surface area contributed by atoms with Crippen molar-refractivity contribution in [1.29, 1.82) is 0 Å². The number of benzene rings is 1. The molecule has 4 rings (SSSR count). The zero-order valence-corrected chi connectivity index (χ0v) is 15.7. The zero-order valence-electron chi connectivity index (χ0n) is 15.7. The number of nitrogens with zero attached hydrogens (tertiary/aromatic N) is 2. The van der Waals surface area contributed by atoms with Gasteiger partial charge in [0.05, 0.1) is 17.7 Å². The van der Waals surface area contributed by atoms with Crippen molar-refractivity contribution < 1.29 is 14.3 Å². The summed E-state index contributed by atoms with van der Waals surface area (Å²) in [5.74, 6) is 0.392. The van der Waals surface area contributed by atoms with Crippen LogP contribution < -0.4 is 15.0 Å². The third kappa shape index (κ3) is 3.41. The summed E-state index contributed by atoms with van der Waals surface area (Å²) in [5.41, 5.74) is 2.85. The minimum absolute atomic E-state index is 0.136. The molecule has 1 aliphatic rings. The predicted molar refractivity (Wildman–Crippen MR) is 104 cm³/mol. The van der Waals surface area contributed by atoms with Gasteiger partial charge in [0.15, 0.2) is 0 Å². The highest BCUT2D eigenvalue weighted by molar-refractivity contribution is 5.77. The number of hydrogen-bond donors (Lipinski definition) is 0. The van der Waals surface area contributed by atoms with Crippen LogP contribution in [0.15, 0.2) is 59.5 Å². The van der Waals surface area contributed by atoms with Crippen molar-refractivity contribution in [2.75, 3.05) is 0 Å². The maximum atomic E-state index is 12.8. The Labute approximate surface area is 162 Å². The molecule has 6 nitrogen and oxygen atoms in total. The molecule has 0 spiro atoms. The molecule has 1 aliphatic heterocycles. The summed E-state index contributed by atoms with van der Waals surface area (Å²) < 4.78 is 12.7. The van der Waals surface area contributed by atoms with Crippen molar-refractivity contribution in [3.05, 3.63) is 87.6 Å².